The van der Waals surface area contributed by atoms with Crippen LogP contribution in [0.2, 0.25) is 5.02 Å². The molecule has 0 saturated carbocycles. The summed E-state index contributed by atoms with van der Waals surface area (Å²) >= 11 is 6.05. The van der Waals surface area contributed by atoms with Gasteiger partial charge in [-0.3, -0.25) is 0 Å². The van der Waals surface area contributed by atoms with Gasteiger partial charge in [-0.05, 0) is 25.5 Å². The van der Waals surface area contributed by atoms with Crippen LogP contribution in [0.25, 0.3) is 11.4 Å². The van der Waals surface area contributed by atoms with Gasteiger partial charge in [-0.1, -0.05) is 23.7 Å². The molecule has 0 spiro atoms. The third-order valence-corrected chi connectivity index (χ3v) is 2.99. The first-order valence-electron chi connectivity index (χ1n) is 5.04. The first-order chi connectivity index (χ1) is 7.61. The van der Waals surface area contributed by atoms with Crippen LogP contribution in [-0.4, -0.2) is 15.1 Å². The molecule has 84 valence electrons. The number of H-pyrrole nitrogens is 1. The van der Waals surface area contributed by atoms with Gasteiger partial charge in [0.05, 0.1) is 12.3 Å². The Labute approximate surface area is 99.1 Å². The normalized spacial score (nSPS) is 10.8. The highest BCUT2D eigenvalue weighted by Crippen LogP contribution is 2.24. The summed E-state index contributed by atoms with van der Waals surface area (Å²) in [5.74, 6) is 0.739. The molecule has 0 aliphatic rings. The number of nitrogens with one attached hydrogen (secondary N) is 1. The molecule has 2 rings (SSSR count). The molecule has 0 saturated heterocycles. The average Bonchev–Trinajstić information content (AvgIpc) is 2.64. The molecule has 0 aliphatic carbocycles. The molecular formula is C12H13ClN2O. The third-order valence-electron chi connectivity index (χ3n) is 2.58. The van der Waals surface area contributed by atoms with Crippen LogP contribution in [0.3, 0.4) is 0 Å². The second kappa shape index (κ2) is 4.28. The van der Waals surface area contributed by atoms with Crippen LogP contribution < -0.4 is 0 Å². The number of aryl methyl sites for hydroxylation is 2. The number of benzene rings is 1. The van der Waals surface area contributed by atoms with Crippen molar-refractivity contribution in [2.45, 2.75) is 20.5 Å². The van der Waals surface area contributed by atoms with E-state index in [0.717, 1.165) is 27.7 Å². The fourth-order valence-corrected chi connectivity index (χ4v) is 1.71. The lowest BCUT2D eigenvalue weighted by atomic mass is 10.1. The Kier molecular flexibility index (Phi) is 2.99. The standard InChI is InChI=1S/C12H13ClN2O/c1-7-3-4-9(5-10(7)13)12-14-8(2)11(6-16)15-12/h3-5,16H,6H2,1-2H3,(H,14,15). The number of halogens is 1. The Morgan fingerprint density at radius 3 is 2.69 bits per heavy atom. The van der Waals surface area contributed by atoms with Crippen molar-refractivity contribution in [2.75, 3.05) is 0 Å². The first kappa shape index (κ1) is 11.2. The molecule has 1 heterocycles. The smallest absolute Gasteiger partial charge is 0.137 e. The minimum atomic E-state index is -0.0536. The number of hydrogen-bond donors (Lipinski definition) is 2. The van der Waals surface area contributed by atoms with E-state index in [1.54, 1.807) is 0 Å². The quantitative estimate of drug-likeness (QED) is 0.843. The maximum Gasteiger partial charge on any atom is 0.137 e. The zero-order valence-corrected chi connectivity index (χ0v) is 9.97. The minimum absolute atomic E-state index is 0.0536. The lowest BCUT2D eigenvalue weighted by Gasteiger charge is -2.00. The molecular weight excluding hydrogens is 224 g/mol. The lowest BCUT2D eigenvalue weighted by molar-refractivity contribution is 0.276. The number of hydrogen-bond acceptors (Lipinski definition) is 2. The molecule has 16 heavy (non-hydrogen) atoms. The van der Waals surface area contributed by atoms with Crippen LogP contribution in [0.5, 0.6) is 0 Å². The van der Waals surface area contributed by atoms with E-state index in [4.69, 9.17) is 16.7 Å². The largest absolute Gasteiger partial charge is 0.390 e. The average molecular weight is 237 g/mol. The van der Waals surface area contributed by atoms with Crippen molar-refractivity contribution < 1.29 is 5.11 Å². The Hall–Kier alpha value is -1.32. The third kappa shape index (κ3) is 1.96. The first-order valence-corrected chi connectivity index (χ1v) is 5.42. The van der Waals surface area contributed by atoms with Crippen LogP contribution in [0.4, 0.5) is 0 Å². The predicted molar refractivity (Wildman–Crippen MR) is 64.4 cm³/mol. The van der Waals surface area contributed by atoms with Gasteiger partial charge < -0.3 is 10.1 Å². The fraction of sp³-hybridized carbons (Fsp3) is 0.250. The Balaban J connectivity index is 2.46. The summed E-state index contributed by atoms with van der Waals surface area (Å²) in [7, 11) is 0. The highest BCUT2D eigenvalue weighted by molar-refractivity contribution is 6.31. The van der Waals surface area contributed by atoms with Crippen molar-refractivity contribution >= 4 is 11.6 Å². The molecule has 1 aromatic carbocycles. The monoisotopic (exact) mass is 236 g/mol. The molecule has 0 aliphatic heterocycles. The second-order valence-corrected chi connectivity index (χ2v) is 4.19. The van der Waals surface area contributed by atoms with E-state index < -0.39 is 0 Å². The van der Waals surface area contributed by atoms with Crippen molar-refractivity contribution in [1.82, 2.24) is 9.97 Å². The molecule has 0 amide bonds. The van der Waals surface area contributed by atoms with Gasteiger partial charge in [-0.15, -0.1) is 0 Å². The molecule has 1 aromatic heterocycles. The van der Waals surface area contributed by atoms with Crippen molar-refractivity contribution in [3.63, 3.8) is 0 Å². The van der Waals surface area contributed by atoms with E-state index in [1.807, 2.05) is 32.0 Å². The number of aromatic nitrogens is 2. The number of aliphatic hydroxyl groups is 1. The second-order valence-electron chi connectivity index (χ2n) is 3.78. The van der Waals surface area contributed by atoms with Gasteiger partial charge in [0.15, 0.2) is 0 Å². The number of aromatic amines is 1. The van der Waals surface area contributed by atoms with Crippen LogP contribution in [0.15, 0.2) is 18.2 Å². The summed E-state index contributed by atoms with van der Waals surface area (Å²) in [6, 6.07) is 5.78. The van der Waals surface area contributed by atoms with Gasteiger partial charge in [-0.2, -0.15) is 0 Å². The molecule has 0 radical (unpaired) electrons. The molecule has 0 atom stereocenters. The van der Waals surface area contributed by atoms with Crippen molar-refractivity contribution in [1.29, 1.82) is 0 Å². The highest BCUT2D eigenvalue weighted by Gasteiger charge is 2.08. The summed E-state index contributed by atoms with van der Waals surface area (Å²) in [6.45, 7) is 3.79. The molecule has 3 nitrogen and oxygen atoms in total. The fourth-order valence-electron chi connectivity index (χ4n) is 1.53. The van der Waals surface area contributed by atoms with E-state index in [2.05, 4.69) is 9.97 Å². The van der Waals surface area contributed by atoms with Crippen LogP contribution in [0.1, 0.15) is 17.0 Å². The van der Waals surface area contributed by atoms with E-state index in [1.165, 1.54) is 0 Å². The van der Waals surface area contributed by atoms with Gasteiger partial charge in [0.1, 0.15) is 5.82 Å². The van der Waals surface area contributed by atoms with Gasteiger partial charge in [-0.25, -0.2) is 4.98 Å². The van der Waals surface area contributed by atoms with E-state index in [0.29, 0.717) is 5.69 Å². The minimum Gasteiger partial charge on any atom is -0.390 e. The topological polar surface area (TPSA) is 48.9 Å². The predicted octanol–water partition coefficient (Wildman–Crippen LogP) is 2.84. The van der Waals surface area contributed by atoms with E-state index >= 15 is 0 Å². The molecule has 2 aromatic rings. The van der Waals surface area contributed by atoms with Crippen LogP contribution in [0, 0.1) is 13.8 Å². The zero-order valence-electron chi connectivity index (χ0n) is 9.21. The SMILES string of the molecule is Cc1ccc(-c2nc(CO)c(C)[nH]2)cc1Cl. The molecule has 4 heteroatoms. The molecule has 2 N–H and O–H groups in total. The maximum atomic E-state index is 9.07. The summed E-state index contributed by atoms with van der Waals surface area (Å²) in [5.41, 5.74) is 3.52. The molecule has 0 unspecified atom stereocenters. The summed E-state index contributed by atoms with van der Waals surface area (Å²) in [4.78, 5) is 7.43. The van der Waals surface area contributed by atoms with Crippen molar-refractivity contribution in [2.24, 2.45) is 0 Å². The number of nitrogens with zero attached hydrogens (tertiary/aromatic N) is 1. The summed E-state index contributed by atoms with van der Waals surface area (Å²) in [6.07, 6.45) is 0. The van der Waals surface area contributed by atoms with Gasteiger partial charge in [0, 0.05) is 16.3 Å². The van der Waals surface area contributed by atoms with Gasteiger partial charge in [0.2, 0.25) is 0 Å². The number of aliphatic hydroxyl groups excluding tert-OH is 1. The zero-order chi connectivity index (χ0) is 11.7. The Morgan fingerprint density at radius 2 is 2.12 bits per heavy atom. The molecule has 0 fully saturated rings. The molecule has 0 bridgehead atoms. The van der Waals surface area contributed by atoms with E-state index in [9.17, 15) is 0 Å². The number of imidazole rings is 1. The number of rotatable bonds is 2. The van der Waals surface area contributed by atoms with Crippen LogP contribution in [-0.2, 0) is 6.61 Å². The Bertz CT molecular complexity index is 520. The Morgan fingerprint density at radius 1 is 1.38 bits per heavy atom. The van der Waals surface area contributed by atoms with Gasteiger partial charge >= 0.3 is 0 Å². The van der Waals surface area contributed by atoms with Crippen LogP contribution >= 0.6 is 11.6 Å². The lowest BCUT2D eigenvalue weighted by Crippen LogP contribution is -1.85. The summed E-state index contributed by atoms with van der Waals surface area (Å²) < 4.78 is 0. The highest BCUT2D eigenvalue weighted by atomic mass is 35.5. The van der Waals surface area contributed by atoms with Gasteiger partial charge in [0.25, 0.3) is 0 Å². The van der Waals surface area contributed by atoms with Crippen molar-refractivity contribution in [3.8, 4) is 11.4 Å². The van der Waals surface area contributed by atoms with E-state index in [-0.39, 0.29) is 6.61 Å². The van der Waals surface area contributed by atoms with Crippen molar-refractivity contribution in [3.05, 3.63) is 40.2 Å². The summed E-state index contributed by atoms with van der Waals surface area (Å²) in [5, 5.41) is 9.79. The maximum absolute atomic E-state index is 9.07.